The number of benzene rings is 2. The van der Waals surface area contributed by atoms with E-state index in [9.17, 15) is 14.0 Å². The number of allylic oxidation sites excluding steroid dienone is 1. The van der Waals surface area contributed by atoms with Gasteiger partial charge in [-0.15, -0.1) is 0 Å². The summed E-state index contributed by atoms with van der Waals surface area (Å²) in [5, 5.41) is 8.92. The van der Waals surface area contributed by atoms with Crippen LogP contribution in [0.5, 0.6) is 0 Å². The maximum Gasteiger partial charge on any atom is 0.338 e. The Balaban J connectivity index is 1.84. The van der Waals surface area contributed by atoms with Crippen LogP contribution in [0.1, 0.15) is 25.5 Å². The summed E-state index contributed by atoms with van der Waals surface area (Å²) in [6, 6.07) is 11.6. The van der Waals surface area contributed by atoms with Crippen LogP contribution in [-0.2, 0) is 9.53 Å². The van der Waals surface area contributed by atoms with Gasteiger partial charge >= 0.3 is 12.0 Å². The second kappa shape index (κ2) is 9.57. The lowest BCUT2D eigenvalue weighted by atomic mass is 9.95. The Morgan fingerprint density at radius 3 is 2.45 bits per heavy atom. The lowest BCUT2D eigenvalue weighted by Gasteiger charge is -2.35. The molecule has 3 N–H and O–H groups in total. The van der Waals surface area contributed by atoms with Crippen molar-refractivity contribution in [2.24, 2.45) is 0 Å². The number of hydrogen-bond acceptors (Lipinski definition) is 4. The number of ether oxygens (including phenoxy) is 1. The predicted octanol–water partition coefficient (Wildman–Crippen LogP) is 4.17. The van der Waals surface area contributed by atoms with Crippen LogP contribution in [0.2, 0.25) is 0 Å². The fourth-order valence-corrected chi connectivity index (χ4v) is 3.47. The van der Waals surface area contributed by atoms with Gasteiger partial charge in [0.25, 0.3) is 0 Å². The monoisotopic (exact) mass is 442 g/mol. The van der Waals surface area contributed by atoms with E-state index in [2.05, 4.69) is 16.0 Å². The van der Waals surface area contributed by atoms with Crippen molar-refractivity contribution in [3.8, 4) is 0 Å². The van der Waals surface area contributed by atoms with E-state index in [1.807, 2.05) is 6.07 Å². The number of urea groups is 1. The van der Waals surface area contributed by atoms with Crippen molar-refractivity contribution in [1.29, 1.82) is 0 Å². The molecule has 1 heterocycles. The molecule has 1 aliphatic rings. The summed E-state index contributed by atoms with van der Waals surface area (Å²) in [5.74, 6) is -0.883. The van der Waals surface area contributed by atoms with Crippen LogP contribution < -0.4 is 16.0 Å². The standard InChI is InChI=1S/C22H23FN4O3S/c1-4-30-20(28)18-13(2)27(3)22(31)26-19(18)14-7-5-9-16(11-14)24-21(29)25-17-10-6-8-15(23)12-17/h5-12,19H,4H2,1-3H3,(H,26,31)(H2,24,25,29). The maximum absolute atomic E-state index is 13.3. The van der Waals surface area contributed by atoms with E-state index in [1.54, 1.807) is 50.1 Å². The van der Waals surface area contributed by atoms with Gasteiger partial charge < -0.3 is 25.6 Å². The molecule has 31 heavy (non-hydrogen) atoms. The number of halogens is 1. The predicted molar refractivity (Wildman–Crippen MR) is 121 cm³/mol. The van der Waals surface area contributed by atoms with Crippen molar-refractivity contribution >= 4 is 40.7 Å². The summed E-state index contributed by atoms with van der Waals surface area (Å²) in [6.07, 6.45) is 0. The molecular weight excluding hydrogens is 419 g/mol. The number of rotatable bonds is 5. The molecule has 9 heteroatoms. The van der Waals surface area contributed by atoms with Gasteiger partial charge in [0.2, 0.25) is 0 Å². The van der Waals surface area contributed by atoms with Crippen molar-refractivity contribution in [3.05, 3.63) is 71.2 Å². The molecule has 0 aliphatic carbocycles. The van der Waals surface area contributed by atoms with Crippen LogP contribution in [0, 0.1) is 5.82 Å². The summed E-state index contributed by atoms with van der Waals surface area (Å²) < 4.78 is 18.6. The number of esters is 1. The average molecular weight is 443 g/mol. The third kappa shape index (κ3) is 5.18. The molecule has 7 nitrogen and oxygen atoms in total. The number of anilines is 2. The summed E-state index contributed by atoms with van der Waals surface area (Å²) >= 11 is 5.39. The fourth-order valence-electron chi connectivity index (χ4n) is 3.21. The highest BCUT2D eigenvalue weighted by Gasteiger charge is 2.33. The summed E-state index contributed by atoms with van der Waals surface area (Å²) in [6.45, 7) is 3.80. The summed E-state index contributed by atoms with van der Waals surface area (Å²) in [5.41, 5.74) is 2.69. The molecule has 0 saturated heterocycles. The smallest absolute Gasteiger partial charge is 0.338 e. The Morgan fingerprint density at radius 1 is 1.16 bits per heavy atom. The topological polar surface area (TPSA) is 82.7 Å². The quantitative estimate of drug-likeness (QED) is 0.476. The van der Waals surface area contributed by atoms with Gasteiger partial charge in [-0.2, -0.15) is 0 Å². The molecule has 162 valence electrons. The third-order valence-corrected chi connectivity index (χ3v) is 5.20. The number of nitrogens with one attached hydrogen (secondary N) is 3. The molecular formula is C22H23FN4O3S. The highest BCUT2D eigenvalue weighted by molar-refractivity contribution is 7.80. The molecule has 0 spiro atoms. The SMILES string of the molecule is CCOC(=O)C1=C(C)N(C)C(=S)NC1c1cccc(NC(=O)Nc2cccc(F)c2)c1. The zero-order valence-electron chi connectivity index (χ0n) is 17.4. The van der Waals surface area contributed by atoms with E-state index in [4.69, 9.17) is 17.0 Å². The number of nitrogens with zero attached hydrogens (tertiary/aromatic N) is 1. The van der Waals surface area contributed by atoms with Gasteiger partial charge in [-0.1, -0.05) is 18.2 Å². The van der Waals surface area contributed by atoms with Crippen LogP contribution in [0.25, 0.3) is 0 Å². The molecule has 3 rings (SSSR count). The molecule has 2 aromatic carbocycles. The fraction of sp³-hybridized carbons (Fsp3) is 0.227. The van der Waals surface area contributed by atoms with Crippen molar-refractivity contribution in [1.82, 2.24) is 10.2 Å². The number of amides is 2. The minimum absolute atomic E-state index is 0.248. The number of hydrogen-bond donors (Lipinski definition) is 3. The van der Waals surface area contributed by atoms with Gasteiger partial charge in [-0.3, -0.25) is 0 Å². The summed E-state index contributed by atoms with van der Waals surface area (Å²) in [4.78, 5) is 26.7. The zero-order chi connectivity index (χ0) is 22.5. The molecule has 1 aliphatic heterocycles. The van der Waals surface area contributed by atoms with Gasteiger partial charge in [0.1, 0.15) is 5.82 Å². The van der Waals surface area contributed by atoms with Crippen molar-refractivity contribution in [2.75, 3.05) is 24.3 Å². The van der Waals surface area contributed by atoms with Crippen LogP contribution in [0.4, 0.5) is 20.6 Å². The lowest BCUT2D eigenvalue weighted by Crippen LogP contribution is -2.46. The molecule has 2 amide bonds. The first-order valence-electron chi connectivity index (χ1n) is 9.65. The maximum atomic E-state index is 13.3. The third-order valence-electron chi connectivity index (χ3n) is 4.81. The highest BCUT2D eigenvalue weighted by Crippen LogP contribution is 2.31. The van der Waals surface area contributed by atoms with Crippen molar-refractivity contribution in [2.45, 2.75) is 19.9 Å². The minimum atomic E-state index is -0.532. The van der Waals surface area contributed by atoms with Crippen LogP contribution in [0.3, 0.4) is 0 Å². The van der Waals surface area contributed by atoms with Gasteiger partial charge in [0, 0.05) is 24.1 Å². The Kier molecular flexibility index (Phi) is 6.86. The molecule has 1 atom stereocenters. The van der Waals surface area contributed by atoms with E-state index >= 15 is 0 Å². The largest absolute Gasteiger partial charge is 0.463 e. The van der Waals surface area contributed by atoms with Crippen LogP contribution >= 0.6 is 12.2 Å². The van der Waals surface area contributed by atoms with Gasteiger partial charge in [-0.25, -0.2) is 14.0 Å². The van der Waals surface area contributed by atoms with E-state index in [0.717, 1.165) is 5.56 Å². The van der Waals surface area contributed by atoms with E-state index in [-0.39, 0.29) is 6.61 Å². The van der Waals surface area contributed by atoms with E-state index in [1.165, 1.54) is 18.2 Å². The normalized spacial score (nSPS) is 15.9. The Bertz CT molecular complexity index is 1060. The van der Waals surface area contributed by atoms with Crippen LogP contribution in [-0.4, -0.2) is 35.7 Å². The minimum Gasteiger partial charge on any atom is -0.463 e. The summed E-state index contributed by atoms with van der Waals surface area (Å²) in [7, 11) is 1.77. The van der Waals surface area contributed by atoms with E-state index in [0.29, 0.717) is 27.8 Å². The number of carbonyl (C=O) groups is 2. The molecule has 0 aromatic heterocycles. The average Bonchev–Trinajstić information content (AvgIpc) is 2.72. The number of carbonyl (C=O) groups excluding carboxylic acids is 2. The highest BCUT2D eigenvalue weighted by atomic mass is 32.1. The van der Waals surface area contributed by atoms with Gasteiger partial charge in [-0.05, 0) is 62.0 Å². The second-order valence-electron chi connectivity index (χ2n) is 6.88. The Hall–Kier alpha value is -3.46. The Morgan fingerprint density at radius 2 is 1.81 bits per heavy atom. The lowest BCUT2D eigenvalue weighted by molar-refractivity contribution is -0.139. The molecule has 1 unspecified atom stereocenters. The Labute approximate surface area is 185 Å². The van der Waals surface area contributed by atoms with Gasteiger partial charge in [0.05, 0.1) is 18.2 Å². The first-order valence-corrected chi connectivity index (χ1v) is 10.1. The molecule has 0 fully saturated rings. The molecule has 0 saturated carbocycles. The van der Waals surface area contributed by atoms with Crippen LogP contribution in [0.15, 0.2) is 59.8 Å². The van der Waals surface area contributed by atoms with Gasteiger partial charge in [0.15, 0.2) is 5.11 Å². The molecule has 0 bridgehead atoms. The molecule has 0 radical (unpaired) electrons. The zero-order valence-corrected chi connectivity index (χ0v) is 18.2. The first kappa shape index (κ1) is 22.2. The number of thiocarbonyl (C=S) groups is 1. The first-order chi connectivity index (χ1) is 14.8. The second-order valence-corrected chi connectivity index (χ2v) is 7.26. The van der Waals surface area contributed by atoms with Crippen molar-refractivity contribution < 1.29 is 18.7 Å². The van der Waals surface area contributed by atoms with Crippen molar-refractivity contribution in [3.63, 3.8) is 0 Å². The van der Waals surface area contributed by atoms with E-state index < -0.39 is 23.9 Å². The molecule has 2 aromatic rings.